The molecule has 0 atom stereocenters. The van der Waals surface area contributed by atoms with Crippen LogP contribution < -0.4 is 11.4 Å². The number of pyridine rings is 1. The molecule has 3 aromatic heterocycles. The molecule has 3 heterocycles. The Morgan fingerprint density at radius 1 is 1.35 bits per heavy atom. The molecule has 0 aliphatic heterocycles. The smallest absolute Gasteiger partial charge is 0.327 e. The summed E-state index contributed by atoms with van der Waals surface area (Å²) in [6.45, 7) is -0.00798. The lowest BCUT2D eigenvalue weighted by atomic mass is 10.3. The van der Waals surface area contributed by atoms with Crippen molar-refractivity contribution in [3.63, 3.8) is 0 Å². The number of nitrogens with two attached hydrogens (primary N) is 1. The predicted octanol–water partition coefficient (Wildman–Crippen LogP) is 0.374. The summed E-state index contributed by atoms with van der Waals surface area (Å²) in [5, 5.41) is 3.97. The first-order valence-corrected chi connectivity index (χ1v) is 7.71. The molecule has 2 N–H and O–H groups in total. The first-order valence-electron chi connectivity index (χ1n) is 7.71. The molecule has 0 aromatic carbocycles. The zero-order chi connectivity index (χ0) is 18.5. The van der Waals surface area contributed by atoms with Gasteiger partial charge < -0.3 is 10.3 Å². The molecule has 0 radical (unpaired) electrons. The van der Waals surface area contributed by atoms with Crippen LogP contribution in [-0.4, -0.2) is 35.4 Å². The van der Waals surface area contributed by atoms with E-state index < -0.39 is 5.69 Å². The molecule has 3 rings (SSSR count). The van der Waals surface area contributed by atoms with E-state index in [9.17, 15) is 9.18 Å². The highest BCUT2D eigenvalue weighted by Crippen LogP contribution is 2.04. The molecule has 0 unspecified atom stereocenters. The van der Waals surface area contributed by atoms with Gasteiger partial charge in [-0.3, -0.25) is 0 Å². The standard InChI is InChI=1S/C17H16FN7O/c1-23-11-20-9-15(23)6-5-14-3-2-4-16(22-14)24-12-21-25(17(24)26)10-13(7-18)8-19/h2-4,7,9,11-12H,8,10,19H2,1H3/b13-7+. The van der Waals surface area contributed by atoms with Gasteiger partial charge in [-0.2, -0.15) is 5.10 Å². The van der Waals surface area contributed by atoms with Gasteiger partial charge >= 0.3 is 5.69 Å². The maximum absolute atomic E-state index is 12.7. The van der Waals surface area contributed by atoms with Gasteiger partial charge in [-0.1, -0.05) is 6.07 Å². The largest absolute Gasteiger partial charge is 0.351 e. The summed E-state index contributed by atoms with van der Waals surface area (Å²) in [6.07, 6.45) is 5.02. The van der Waals surface area contributed by atoms with Crippen LogP contribution in [0.4, 0.5) is 4.39 Å². The van der Waals surface area contributed by atoms with Crippen molar-refractivity contribution in [2.24, 2.45) is 12.8 Å². The van der Waals surface area contributed by atoms with Crippen molar-refractivity contribution >= 4 is 0 Å². The third-order valence-electron chi connectivity index (χ3n) is 3.62. The molecule has 0 aliphatic rings. The average Bonchev–Trinajstić information content (AvgIpc) is 3.23. The van der Waals surface area contributed by atoms with Crippen molar-refractivity contribution < 1.29 is 4.39 Å². The summed E-state index contributed by atoms with van der Waals surface area (Å²) in [6, 6.07) is 5.14. The zero-order valence-corrected chi connectivity index (χ0v) is 14.0. The Morgan fingerprint density at radius 3 is 2.88 bits per heavy atom. The van der Waals surface area contributed by atoms with Crippen LogP contribution in [-0.2, 0) is 13.6 Å². The molecule has 132 valence electrons. The van der Waals surface area contributed by atoms with Gasteiger partial charge in [0.25, 0.3) is 0 Å². The quantitative estimate of drug-likeness (QED) is 0.684. The predicted molar refractivity (Wildman–Crippen MR) is 93.1 cm³/mol. The van der Waals surface area contributed by atoms with Crippen LogP contribution in [0, 0.1) is 11.8 Å². The second-order valence-electron chi connectivity index (χ2n) is 5.43. The molecule has 8 nitrogen and oxygen atoms in total. The molecule has 0 bridgehead atoms. The first-order chi connectivity index (χ1) is 12.6. The van der Waals surface area contributed by atoms with Gasteiger partial charge in [0.2, 0.25) is 0 Å². The van der Waals surface area contributed by atoms with E-state index in [-0.39, 0.29) is 18.7 Å². The molecule has 26 heavy (non-hydrogen) atoms. The molecule has 9 heteroatoms. The number of aromatic nitrogens is 6. The van der Waals surface area contributed by atoms with E-state index in [2.05, 4.69) is 26.9 Å². The topological polar surface area (TPSA) is 96.5 Å². The number of halogens is 1. The monoisotopic (exact) mass is 353 g/mol. The van der Waals surface area contributed by atoms with E-state index in [1.54, 1.807) is 35.3 Å². The van der Waals surface area contributed by atoms with Gasteiger partial charge in [0.05, 0.1) is 25.4 Å². The molecule has 0 aliphatic carbocycles. The minimum Gasteiger partial charge on any atom is -0.327 e. The van der Waals surface area contributed by atoms with Crippen molar-refractivity contribution in [3.05, 3.63) is 70.8 Å². The van der Waals surface area contributed by atoms with Crippen LogP contribution >= 0.6 is 0 Å². The number of aryl methyl sites for hydroxylation is 1. The maximum atomic E-state index is 12.7. The van der Waals surface area contributed by atoms with E-state index in [1.165, 1.54) is 10.9 Å². The van der Waals surface area contributed by atoms with E-state index in [0.29, 0.717) is 17.8 Å². The lowest BCUT2D eigenvalue weighted by molar-refractivity contribution is 0.612. The Bertz CT molecular complexity index is 1060. The molecular formula is C17H16FN7O. The van der Waals surface area contributed by atoms with Crippen LogP contribution in [0.3, 0.4) is 0 Å². The Kier molecular flexibility index (Phi) is 5.05. The van der Waals surface area contributed by atoms with Gasteiger partial charge in [0, 0.05) is 13.6 Å². The van der Waals surface area contributed by atoms with Crippen molar-refractivity contribution in [3.8, 4) is 17.7 Å². The van der Waals surface area contributed by atoms with Gasteiger partial charge in [-0.25, -0.2) is 28.4 Å². The summed E-state index contributed by atoms with van der Waals surface area (Å²) >= 11 is 0. The third-order valence-corrected chi connectivity index (χ3v) is 3.62. The first kappa shape index (κ1) is 17.3. The molecule has 3 aromatic rings. The minimum atomic E-state index is -0.443. The van der Waals surface area contributed by atoms with Crippen molar-refractivity contribution in [2.45, 2.75) is 6.54 Å². The van der Waals surface area contributed by atoms with Crippen molar-refractivity contribution in [1.82, 2.24) is 28.9 Å². The number of imidazole rings is 1. The summed E-state index contributed by atoms with van der Waals surface area (Å²) in [7, 11) is 1.84. The van der Waals surface area contributed by atoms with Gasteiger partial charge in [0.15, 0.2) is 0 Å². The second kappa shape index (κ2) is 7.58. The fourth-order valence-corrected chi connectivity index (χ4v) is 2.17. The minimum absolute atomic E-state index is 0.00708. The van der Waals surface area contributed by atoms with Crippen molar-refractivity contribution in [2.75, 3.05) is 6.54 Å². The summed E-state index contributed by atoms with van der Waals surface area (Å²) < 4.78 is 16.8. The molecule has 0 fully saturated rings. The molecule has 0 spiro atoms. The molecule has 0 saturated carbocycles. The van der Waals surface area contributed by atoms with Crippen LogP contribution in [0.15, 0.2) is 53.7 Å². The molecule has 0 saturated heterocycles. The maximum Gasteiger partial charge on any atom is 0.351 e. The van der Waals surface area contributed by atoms with Crippen LogP contribution in [0.2, 0.25) is 0 Å². The van der Waals surface area contributed by atoms with E-state index in [1.807, 2.05) is 7.05 Å². The van der Waals surface area contributed by atoms with E-state index in [4.69, 9.17) is 5.73 Å². The Labute approximate surface area is 148 Å². The second-order valence-corrected chi connectivity index (χ2v) is 5.43. The fraction of sp³-hybridized carbons (Fsp3) is 0.176. The Morgan fingerprint density at radius 2 is 2.19 bits per heavy atom. The number of rotatable bonds is 4. The zero-order valence-electron chi connectivity index (χ0n) is 14.0. The third kappa shape index (κ3) is 3.60. The highest BCUT2D eigenvalue weighted by atomic mass is 19.1. The van der Waals surface area contributed by atoms with Crippen LogP contribution in [0.25, 0.3) is 5.82 Å². The van der Waals surface area contributed by atoms with Crippen molar-refractivity contribution in [1.29, 1.82) is 0 Å². The number of nitrogens with zero attached hydrogens (tertiary/aromatic N) is 6. The lowest BCUT2D eigenvalue weighted by Crippen LogP contribution is -2.26. The Hall–Kier alpha value is -3.51. The van der Waals surface area contributed by atoms with Crippen LogP contribution in [0.5, 0.6) is 0 Å². The highest BCUT2D eigenvalue weighted by Gasteiger charge is 2.09. The molecule has 0 amide bonds. The number of hydrogen-bond acceptors (Lipinski definition) is 5. The number of hydrogen-bond donors (Lipinski definition) is 1. The molecular weight excluding hydrogens is 337 g/mol. The highest BCUT2D eigenvalue weighted by molar-refractivity contribution is 5.38. The normalized spacial score (nSPS) is 11.3. The Balaban J connectivity index is 1.90. The van der Waals surface area contributed by atoms with E-state index >= 15 is 0 Å². The van der Waals surface area contributed by atoms with Crippen LogP contribution in [0.1, 0.15) is 11.4 Å². The lowest BCUT2D eigenvalue weighted by Gasteiger charge is -2.02. The van der Waals surface area contributed by atoms with E-state index in [0.717, 1.165) is 10.4 Å². The average molecular weight is 353 g/mol. The van der Waals surface area contributed by atoms with Gasteiger partial charge in [-0.05, 0) is 29.5 Å². The summed E-state index contributed by atoms with van der Waals surface area (Å²) in [4.78, 5) is 20.8. The van der Waals surface area contributed by atoms with Gasteiger partial charge in [0.1, 0.15) is 23.5 Å². The summed E-state index contributed by atoms with van der Waals surface area (Å²) in [5.41, 5.74) is 6.47. The summed E-state index contributed by atoms with van der Waals surface area (Å²) in [5.74, 6) is 6.27. The fourth-order valence-electron chi connectivity index (χ4n) is 2.17. The SMILES string of the molecule is Cn1cncc1C#Cc1cccc(-n2cnn(C/C(=C/F)CN)c2=O)n1. The van der Waals surface area contributed by atoms with Gasteiger partial charge in [-0.15, -0.1) is 0 Å².